The van der Waals surface area contributed by atoms with Crippen molar-refractivity contribution in [1.29, 1.82) is 0 Å². The zero-order valence-corrected chi connectivity index (χ0v) is 12.4. The fourth-order valence-electron chi connectivity index (χ4n) is 0.851. The molecule has 1 atom stereocenters. The van der Waals surface area contributed by atoms with Crippen molar-refractivity contribution in [2.75, 3.05) is 12.3 Å². The molecular formula is C9H21N2OPS2. The molecule has 0 fully saturated rings. The Balaban J connectivity index is 4.18. The SMILES string of the molecule is CCCN=CNP(=S)(OC(C)C)SCC. The van der Waals surface area contributed by atoms with Gasteiger partial charge in [-0.15, -0.1) is 0 Å². The van der Waals surface area contributed by atoms with Crippen LogP contribution in [0.4, 0.5) is 0 Å². The molecule has 0 aliphatic heterocycles. The summed E-state index contributed by atoms with van der Waals surface area (Å²) in [5.41, 5.74) is -1.96. The highest BCUT2D eigenvalue weighted by Gasteiger charge is 2.17. The van der Waals surface area contributed by atoms with E-state index in [9.17, 15) is 0 Å². The molecule has 6 heteroatoms. The van der Waals surface area contributed by atoms with Gasteiger partial charge in [0, 0.05) is 6.54 Å². The minimum atomic E-state index is -1.96. The van der Waals surface area contributed by atoms with Crippen molar-refractivity contribution in [2.24, 2.45) is 4.99 Å². The summed E-state index contributed by atoms with van der Waals surface area (Å²) in [5, 5.41) is 3.14. The van der Waals surface area contributed by atoms with Gasteiger partial charge in [0.2, 0.25) is 5.62 Å². The van der Waals surface area contributed by atoms with Gasteiger partial charge in [0.05, 0.1) is 12.4 Å². The van der Waals surface area contributed by atoms with Crippen molar-refractivity contribution in [1.82, 2.24) is 5.09 Å². The number of hydrogen-bond acceptors (Lipinski definition) is 4. The average Bonchev–Trinajstić information content (AvgIpc) is 2.11. The Hall–Kier alpha value is 0.430. The Morgan fingerprint density at radius 2 is 2.20 bits per heavy atom. The van der Waals surface area contributed by atoms with Crippen molar-refractivity contribution in [3.63, 3.8) is 0 Å². The highest BCUT2D eigenvalue weighted by atomic mass is 32.9. The summed E-state index contributed by atoms with van der Waals surface area (Å²) in [6.07, 6.45) is 2.91. The molecule has 0 amide bonds. The third-order valence-corrected chi connectivity index (χ3v) is 6.93. The Labute approximate surface area is 102 Å². The predicted molar refractivity (Wildman–Crippen MR) is 75.4 cm³/mol. The van der Waals surface area contributed by atoms with E-state index in [-0.39, 0.29) is 6.10 Å². The van der Waals surface area contributed by atoms with E-state index < -0.39 is 5.62 Å². The average molecular weight is 268 g/mol. The third kappa shape index (κ3) is 8.26. The predicted octanol–water partition coefficient (Wildman–Crippen LogP) is 3.42. The van der Waals surface area contributed by atoms with Gasteiger partial charge in [-0.25, -0.2) is 0 Å². The van der Waals surface area contributed by atoms with Gasteiger partial charge in [-0.2, -0.15) is 0 Å². The minimum Gasteiger partial charge on any atom is -0.324 e. The van der Waals surface area contributed by atoms with Gasteiger partial charge >= 0.3 is 0 Å². The van der Waals surface area contributed by atoms with Crippen LogP contribution in [0.25, 0.3) is 0 Å². The van der Waals surface area contributed by atoms with Gasteiger partial charge in [0.25, 0.3) is 0 Å². The highest BCUT2D eigenvalue weighted by Crippen LogP contribution is 2.56. The van der Waals surface area contributed by atoms with Gasteiger partial charge in [0.1, 0.15) is 0 Å². The summed E-state index contributed by atoms with van der Waals surface area (Å²) in [6, 6.07) is 0. The van der Waals surface area contributed by atoms with Crippen molar-refractivity contribution < 1.29 is 4.52 Å². The monoisotopic (exact) mass is 268 g/mol. The topological polar surface area (TPSA) is 33.6 Å². The molecule has 0 spiro atoms. The van der Waals surface area contributed by atoms with Crippen LogP contribution in [0.1, 0.15) is 34.1 Å². The van der Waals surface area contributed by atoms with E-state index in [0.717, 1.165) is 18.7 Å². The van der Waals surface area contributed by atoms with Gasteiger partial charge in [-0.3, -0.25) is 4.99 Å². The van der Waals surface area contributed by atoms with Crippen LogP contribution in [0.3, 0.4) is 0 Å². The van der Waals surface area contributed by atoms with E-state index in [0.29, 0.717) is 0 Å². The van der Waals surface area contributed by atoms with Crippen LogP contribution in [0.15, 0.2) is 4.99 Å². The highest BCUT2D eigenvalue weighted by molar-refractivity contribution is 8.68. The van der Waals surface area contributed by atoms with E-state index in [1.807, 2.05) is 13.8 Å². The summed E-state index contributed by atoms with van der Waals surface area (Å²) in [6.45, 7) is 9.02. The molecule has 0 saturated heterocycles. The zero-order valence-electron chi connectivity index (χ0n) is 9.90. The summed E-state index contributed by atoms with van der Waals surface area (Å²) < 4.78 is 5.74. The van der Waals surface area contributed by atoms with E-state index >= 15 is 0 Å². The van der Waals surface area contributed by atoms with Crippen LogP contribution < -0.4 is 5.09 Å². The molecule has 0 aromatic carbocycles. The maximum absolute atomic E-state index is 5.74. The second-order valence-electron chi connectivity index (χ2n) is 3.23. The standard InChI is InChI=1S/C9H21N2OPS2/c1-5-7-10-8-11-13(14,15-6-2)12-9(3)4/h8-9H,5-7H2,1-4H3,(H,10,11,14). The molecule has 0 rings (SSSR count). The van der Waals surface area contributed by atoms with E-state index in [1.165, 1.54) is 0 Å². The molecule has 0 saturated carbocycles. The number of aliphatic imine (C=N–C) groups is 1. The van der Waals surface area contributed by atoms with Crippen LogP contribution in [0, 0.1) is 0 Å². The van der Waals surface area contributed by atoms with Crippen molar-refractivity contribution >= 4 is 35.1 Å². The molecule has 15 heavy (non-hydrogen) atoms. The molecule has 90 valence electrons. The third-order valence-electron chi connectivity index (χ3n) is 1.31. The molecule has 0 aliphatic rings. The molecule has 0 radical (unpaired) electrons. The summed E-state index contributed by atoms with van der Waals surface area (Å²) in [5.74, 6) is 0.957. The zero-order chi connectivity index (χ0) is 11.7. The Bertz CT molecular complexity index is 234. The number of rotatable bonds is 8. The quantitative estimate of drug-likeness (QED) is 0.415. The normalized spacial score (nSPS) is 15.8. The maximum atomic E-state index is 5.74. The summed E-state index contributed by atoms with van der Waals surface area (Å²) in [7, 11) is 0. The smallest absolute Gasteiger partial charge is 0.211 e. The van der Waals surface area contributed by atoms with Crippen LogP contribution in [0.2, 0.25) is 0 Å². The molecule has 1 unspecified atom stereocenters. The van der Waals surface area contributed by atoms with Crippen LogP contribution in [-0.4, -0.2) is 24.7 Å². The van der Waals surface area contributed by atoms with Gasteiger partial charge in [-0.1, -0.05) is 25.2 Å². The largest absolute Gasteiger partial charge is 0.324 e. The first-order valence-corrected chi connectivity index (χ1v) is 9.54. The lowest BCUT2D eigenvalue weighted by Crippen LogP contribution is -2.12. The molecule has 0 heterocycles. The van der Waals surface area contributed by atoms with Crippen LogP contribution >= 0.6 is 17.0 Å². The molecule has 0 bridgehead atoms. The lowest BCUT2D eigenvalue weighted by molar-refractivity contribution is 0.274. The fourth-order valence-corrected chi connectivity index (χ4v) is 5.86. The second kappa shape index (κ2) is 8.57. The molecule has 1 N–H and O–H groups in total. The number of nitrogens with zero attached hydrogens (tertiary/aromatic N) is 1. The Morgan fingerprint density at radius 3 is 2.67 bits per heavy atom. The lowest BCUT2D eigenvalue weighted by atomic mass is 10.5. The Kier molecular flexibility index (Phi) is 8.81. The first kappa shape index (κ1) is 15.4. The summed E-state index contributed by atoms with van der Waals surface area (Å²) in [4.78, 5) is 4.20. The van der Waals surface area contributed by atoms with Crippen molar-refractivity contribution in [3.8, 4) is 0 Å². The first-order valence-electron chi connectivity index (χ1n) is 5.23. The van der Waals surface area contributed by atoms with Crippen LogP contribution in [-0.2, 0) is 16.3 Å². The van der Waals surface area contributed by atoms with Crippen molar-refractivity contribution in [2.45, 2.75) is 40.2 Å². The molecule has 0 aromatic rings. The molecule has 0 aliphatic carbocycles. The lowest BCUT2D eigenvalue weighted by Gasteiger charge is -2.22. The molecule has 0 aromatic heterocycles. The maximum Gasteiger partial charge on any atom is 0.211 e. The molecular weight excluding hydrogens is 247 g/mol. The molecule has 3 nitrogen and oxygen atoms in total. The second-order valence-corrected chi connectivity index (χ2v) is 10.1. The van der Waals surface area contributed by atoms with E-state index in [4.69, 9.17) is 16.3 Å². The number of nitrogens with one attached hydrogen (secondary N) is 1. The van der Waals surface area contributed by atoms with Gasteiger partial charge in [0.15, 0.2) is 0 Å². The summed E-state index contributed by atoms with van der Waals surface area (Å²) >= 11 is 7.14. The van der Waals surface area contributed by atoms with Gasteiger partial charge in [-0.05, 0) is 37.8 Å². The van der Waals surface area contributed by atoms with Gasteiger partial charge < -0.3 is 9.61 Å². The minimum absolute atomic E-state index is 0.155. The van der Waals surface area contributed by atoms with Crippen molar-refractivity contribution in [3.05, 3.63) is 0 Å². The number of hydrogen-bond donors (Lipinski definition) is 1. The van der Waals surface area contributed by atoms with Crippen LogP contribution in [0.5, 0.6) is 0 Å². The van der Waals surface area contributed by atoms with E-state index in [1.54, 1.807) is 17.7 Å². The van der Waals surface area contributed by atoms with E-state index in [2.05, 4.69) is 23.9 Å². The first-order chi connectivity index (χ1) is 7.04. The fraction of sp³-hybridized carbons (Fsp3) is 0.889. The Morgan fingerprint density at radius 1 is 1.53 bits per heavy atom.